The van der Waals surface area contributed by atoms with Crippen LogP contribution in [0.5, 0.6) is 0 Å². The molecule has 3 saturated carbocycles. The Hall–Kier alpha value is -2.62. The molecule has 0 aromatic carbocycles. The summed E-state index contributed by atoms with van der Waals surface area (Å²) in [5.74, 6) is 2.35. The number of aromatic nitrogens is 4. The standard InChI is InChI=1S/C43H66N6O3/c1-26(2)28(5)38(6)17-18-40(8)30-11-12-33-39(7)22-51-24-43(33,31(30)13-16-41(40,9)34(38)36(44)50)21-32(35(39)52-23-42(10,45)27(3)4)49-37(47-25-48-49)29-14-19-46-20-15-29/h13-15,19-20,25-28,30,32-35H,11-12,16-18,21-24,45H2,1-10H3,(H2,44,50)/t28-,30+,32-,33+,34-,35+,38-,39-,40-,41+,42-,43+/m1/s1. The number of primary amides is 1. The van der Waals surface area contributed by atoms with Crippen LogP contribution in [0.2, 0.25) is 0 Å². The average molecular weight is 715 g/mol. The van der Waals surface area contributed by atoms with E-state index in [1.54, 1.807) is 11.9 Å². The predicted molar refractivity (Wildman–Crippen MR) is 205 cm³/mol. The van der Waals surface area contributed by atoms with Gasteiger partial charge in [-0.15, -0.1) is 0 Å². The molecule has 3 heterocycles. The minimum Gasteiger partial charge on any atom is -0.380 e. The van der Waals surface area contributed by atoms with Crippen LogP contribution in [0.3, 0.4) is 0 Å². The number of hydrogen-bond acceptors (Lipinski definition) is 7. The molecule has 0 spiro atoms. The molecule has 4 N–H and O–H groups in total. The van der Waals surface area contributed by atoms with Crippen molar-refractivity contribution in [3.63, 3.8) is 0 Å². The first-order valence-corrected chi connectivity index (χ1v) is 20.2. The summed E-state index contributed by atoms with van der Waals surface area (Å²) in [4.78, 5) is 22.9. The van der Waals surface area contributed by atoms with Gasteiger partial charge in [0.1, 0.15) is 6.33 Å². The number of allylic oxidation sites excluding steroid dienone is 1. The van der Waals surface area contributed by atoms with Crippen LogP contribution < -0.4 is 11.5 Å². The molecule has 4 aliphatic carbocycles. The third-order valence-corrected chi connectivity index (χ3v) is 16.8. The summed E-state index contributed by atoms with van der Waals surface area (Å²) in [5.41, 5.74) is 14.5. The average Bonchev–Trinajstić information content (AvgIpc) is 3.58. The van der Waals surface area contributed by atoms with E-state index in [1.165, 1.54) is 0 Å². The van der Waals surface area contributed by atoms with E-state index in [0.717, 1.165) is 49.9 Å². The number of amides is 1. The lowest BCUT2D eigenvalue weighted by Crippen LogP contribution is -2.69. The van der Waals surface area contributed by atoms with E-state index >= 15 is 0 Å². The zero-order valence-electron chi connectivity index (χ0n) is 33.6. The van der Waals surface area contributed by atoms with Crippen LogP contribution in [-0.2, 0) is 14.3 Å². The van der Waals surface area contributed by atoms with E-state index in [2.05, 4.69) is 85.0 Å². The molecule has 2 aromatic rings. The second kappa shape index (κ2) is 12.7. The molecule has 0 unspecified atom stereocenters. The Bertz CT molecular complexity index is 1690. The molecule has 52 heavy (non-hydrogen) atoms. The van der Waals surface area contributed by atoms with E-state index in [0.29, 0.717) is 43.5 Å². The van der Waals surface area contributed by atoms with Crippen LogP contribution in [0.15, 0.2) is 42.5 Å². The fourth-order valence-corrected chi connectivity index (χ4v) is 12.8. The minimum atomic E-state index is -0.483. The van der Waals surface area contributed by atoms with Crippen molar-refractivity contribution < 1.29 is 14.3 Å². The smallest absolute Gasteiger partial charge is 0.221 e. The van der Waals surface area contributed by atoms with Crippen molar-refractivity contribution in [3.05, 3.63) is 42.5 Å². The Morgan fingerprint density at radius 1 is 1.06 bits per heavy atom. The molecule has 2 aromatic heterocycles. The fraction of sp³-hybridized carbons (Fsp3) is 0.767. The molecule has 2 bridgehead atoms. The number of rotatable bonds is 9. The highest BCUT2D eigenvalue weighted by Gasteiger charge is 2.71. The highest BCUT2D eigenvalue weighted by Crippen LogP contribution is 2.75. The van der Waals surface area contributed by atoms with Crippen molar-refractivity contribution in [1.29, 1.82) is 0 Å². The van der Waals surface area contributed by atoms with Gasteiger partial charge in [-0.3, -0.25) is 9.78 Å². The second-order valence-corrected chi connectivity index (χ2v) is 19.8. The quantitative estimate of drug-likeness (QED) is 0.256. The van der Waals surface area contributed by atoms with Gasteiger partial charge in [-0.1, -0.05) is 74.0 Å². The highest BCUT2D eigenvalue weighted by atomic mass is 16.5. The first-order chi connectivity index (χ1) is 24.4. The van der Waals surface area contributed by atoms with E-state index in [1.807, 2.05) is 24.5 Å². The fourth-order valence-electron chi connectivity index (χ4n) is 12.8. The molecular formula is C43H66N6O3. The van der Waals surface area contributed by atoms with E-state index in [9.17, 15) is 4.79 Å². The van der Waals surface area contributed by atoms with E-state index in [4.69, 9.17) is 31.0 Å². The number of ether oxygens (including phenoxy) is 2. The van der Waals surface area contributed by atoms with E-state index in [-0.39, 0.29) is 57.0 Å². The molecule has 12 atom stereocenters. The summed E-state index contributed by atoms with van der Waals surface area (Å²) in [7, 11) is 0. The van der Waals surface area contributed by atoms with Crippen molar-refractivity contribution in [2.75, 3.05) is 19.8 Å². The maximum Gasteiger partial charge on any atom is 0.221 e. The molecular weight excluding hydrogens is 649 g/mol. The second-order valence-electron chi connectivity index (χ2n) is 19.8. The minimum absolute atomic E-state index is 0.0719. The third-order valence-electron chi connectivity index (χ3n) is 16.8. The lowest BCUT2D eigenvalue weighted by Gasteiger charge is -2.71. The van der Waals surface area contributed by atoms with Gasteiger partial charge in [0.05, 0.1) is 32.0 Å². The van der Waals surface area contributed by atoms with Gasteiger partial charge in [-0.05, 0) is 103 Å². The van der Waals surface area contributed by atoms with Crippen LogP contribution >= 0.6 is 0 Å². The van der Waals surface area contributed by atoms with Crippen molar-refractivity contribution in [1.82, 2.24) is 19.7 Å². The largest absolute Gasteiger partial charge is 0.380 e. The van der Waals surface area contributed by atoms with Gasteiger partial charge in [0.15, 0.2) is 5.82 Å². The summed E-state index contributed by atoms with van der Waals surface area (Å²) in [5, 5.41) is 4.97. The number of pyridine rings is 1. The Labute approximate surface area is 312 Å². The monoisotopic (exact) mass is 715 g/mol. The molecule has 1 aliphatic heterocycles. The molecule has 1 amide bonds. The molecule has 5 aliphatic rings. The summed E-state index contributed by atoms with van der Waals surface area (Å²) in [6.45, 7) is 24.8. The number of carbonyl (C=O) groups excluding carboxylic acids is 1. The molecule has 7 rings (SSSR count). The van der Waals surface area contributed by atoms with Crippen LogP contribution in [0.25, 0.3) is 11.4 Å². The molecule has 9 nitrogen and oxygen atoms in total. The van der Waals surface area contributed by atoms with Gasteiger partial charge in [-0.2, -0.15) is 5.10 Å². The first-order valence-electron chi connectivity index (χ1n) is 20.2. The molecule has 0 radical (unpaired) electrons. The number of nitrogens with zero attached hydrogens (tertiary/aromatic N) is 4. The van der Waals surface area contributed by atoms with Crippen LogP contribution in [0.4, 0.5) is 0 Å². The maximum atomic E-state index is 13.8. The van der Waals surface area contributed by atoms with Gasteiger partial charge in [-0.25, -0.2) is 9.67 Å². The maximum absolute atomic E-state index is 13.8. The zero-order chi connectivity index (χ0) is 37.6. The Kier molecular flexibility index (Phi) is 9.22. The molecule has 1 saturated heterocycles. The predicted octanol–water partition coefficient (Wildman–Crippen LogP) is 7.63. The van der Waals surface area contributed by atoms with Crippen LogP contribution in [0.1, 0.15) is 114 Å². The Balaban J connectivity index is 1.35. The number of hydrogen-bond donors (Lipinski definition) is 2. The number of nitrogens with two attached hydrogens (primary N) is 2. The molecule has 4 fully saturated rings. The van der Waals surface area contributed by atoms with Crippen LogP contribution in [-0.4, -0.2) is 57.1 Å². The zero-order valence-corrected chi connectivity index (χ0v) is 33.6. The Morgan fingerprint density at radius 2 is 1.77 bits per heavy atom. The summed E-state index contributed by atoms with van der Waals surface area (Å²) < 4.78 is 16.1. The van der Waals surface area contributed by atoms with Crippen LogP contribution in [0, 0.1) is 62.6 Å². The lowest BCUT2D eigenvalue weighted by atomic mass is 9.34. The third kappa shape index (κ3) is 5.25. The highest BCUT2D eigenvalue weighted by molar-refractivity contribution is 5.79. The SMILES string of the molecule is CC(C)[C@@H](C)[C@@]1(C)CC[C@]2(C)[C@H]3CC[C@@H]4[C@@]5(COC[C@@]4(C)[C@@H](OC[C@@](C)(N)C(C)C)[C@H](n4ncnc4-c4ccncc4)C5)C3=CC[C@@]2(C)[C@@H]1C(N)=O. The topological polar surface area (TPSA) is 131 Å². The number of fused-ring (bicyclic) bond motifs is 3. The van der Waals surface area contributed by atoms with Gasteiger partial charge in [0, 0.05) is 40.2 Å². The summed E-state index contributed by atoms with van der Waals surface area (Å²) in [6.07, 6.45) is 13.7. The van der Waals surface area contributed by atoms with E-state index < -0.39 is 5.54 Å². The van der Waals surface area contributed by atoms with Gasteiger partial charge in [0.25, 0.3) is 0 Å². The molecule has 286 valence electrons. The lowest BCUT2D eigenvalue weighted by molar-refractivity contribution is -0.251. The Morgan fingerprint density at radius 3 is 2.42 bits per heavy atom. The van der Waals surface area contributed by atoms with Crippen molar-refractivity contribution in [2.45, 2.75) is 125 Å². The summed E-state index contributed by atoms with van der Waals surface area (Å²) >= 11 is 0. The van der Waals surface area contributed by atoms with Crippen molar-refractivity contribution in [2.24, 2.45) is 74.0 Å². The van der Waals surface area contributed by atoms with Gasteiger partial charge in [0.2, 0.25) is 5.91 Å². The van der Waals surface area contributed by atoms with Crippen molar-refractivity contribution in [3.8, 4) is 11.4 Å². The van der Waals surface area contributed by atoms with Crippen molar-refractivity contribution >= 4 is 5.91 Å². The van der Waals surface area contributed by atoms with Gasteiger partial charge < -0.3 is 20.9 Å². The van der Waals surface area contributed by atoms with Gasteiger partial charge >= 0.3 is 0 Å². The summed E-state index contributed by atoms with van der Waals surface area (Å²) in [6, 6.07) is 3.94. The normalized spacial score (nSPS) is 41.7. The first kappa shape index (κ1) is 37.7. The molecule has 9 heteroatoms. The number of carbonyl (C=O) groups is 1.